The second kappa shape index (κ2) is 3.82. The third kappa shape index (κ3) is 1.64. The van der Waals surface area contributed by atoms with E-state index in [9.17, 15) is 4.79 Å². The molecule has 1 fully saturated rings. The Kier molecular flexibility index (Phi) is 2.42. The van der Waals surface area contributed by atoms with Gasteiger partial charge in [-0.25, -0.2) is 0 Å². The number of benzene rings is 1. The summed E-state index contributed by atoms with van der Waals surface area (Å²) in [6.45, 7) is 4.09. The average molecular weight is 232 g/mol. The quantitative estimate of drug-likeness (QED) is 0.737. The number of nitrogens with one attached hydrogen (secondary N) is 1. The molecule has 1 atom stereocenters. The van der Waals surface area contributed by atoms with E-state index in [1.807, 2.05) is 31.2 Å². The summed E-state index contributed by atoms with van der Waals surface area (Å²) in [6, 6.07) is 7.87. The van der Waals surface area contributed by atoms with Crippen molar-refractivity contribution in [3.05, 3.63) is 29.8 Å². The maximum atomic E-state index is 11.8. The Morgan fingerprint density at radius 2 is 2.24 bits per heavy atom. The number of fused-ring (bicyclic) bond motifs is 3. The van der Waals surface area contributed by atoms with Crippen molar-refractivity contribution in [3.63, 3.8) is 0 Å². The van der Waals surface area contributed by atoms with Crippen molar-refractivity contribution in [1.82, 2.24) is 4.90 Å². The van der Waals surface area contributed by atoms with Crippen molar-refractivity contribution in [3.8, 4) is 0 Å². The fourth-order valence-electron chi connectivity index (χ4n) is 2.67. The van der Waals surface area contributed by atoms with Crippen molar-refractivity contribution < 1.29 is 9.53 Å². The summed E-state index contributed by atoms with van der Waals surface area (Å²) in [4.78, 5) is 13.9. The molecule has 4 heteroatoms. The Balaban J connectivity index is 2.13. The lowest BCUT2D eigenvalue weighted by molar-refractivity contribution is -0.181. The third-order valence-electron chi connectivity index (χ3n) is 3.59. The molecular formula is C13H16N2O2. The molecule has 0 aliphatic carbocycles. The molecule has 1 amide bonds. The van der Waals surface area contributed by atoms with Crippen LogP contribution in [0.3, 0.4) is 0 Å². The molecule has 1 aromatic carbocycles. The molecule has 2 heterocycles. The highest BCUT2D eigenvalue weighted by Gasteiger charge is 2.41. The standard InChI is InChI=1S/C13H16N2O2/c1-13-10-5-2-3-6-11(10)14-12(16)9-15(13)7-4-8-17-13/h2-3,5-6H,4,7-9H2,1H3,(H,14,16)/t13-/m1/s1. The molecule has 17 heavy (non-hydrogen) atoms. The first kappa shape index (κ1) is 10.7. The van der Waals surface area contributed by atoms with Gasteiger partial charge in [-0.3, -0.25) is 9.69 Å². The van der Waals surface area contributed by atoms with Gasteiger partial charge in [-0.1, -0.05) is 18.2 Å². The zero-order valence-electron chi connectivity index (χ0n) is 9.90. The van der Waals surface area contributed by atoms with Gasteiger partial charge in [0.1, 0.15) is 5.72 Å². The van der Waals surface area contributed by atoms with E-state index >= 15 is 0 Å². The lowest BCUT2D eigenvalue weighted by Gasteiger charge is -2.43. The number of nitrogens with zero attached hydrogens (tertiary/aromatic N) is 1. The lowest BCUT2D eigenvalue weighted by atomic mass is 9.99. The van der Waals surface area contributed by atoms with Crippen molar-refractivity contribution >= 4 is 11.6 Å². The normalized spacial score (nSPS) is 28.9. The largest absolute Gasteiger partial charge is 0.356 e. The molecule has 4 nitrogen and oxygen atoms in total. The summed E-state index contributed by atoms with van der Waals surface area (Å²) in [5.74, 6) is 0.0340. The maximum absolute atomic E-state index is 11.8. The summed E-state index contributed by atoms with van der Waals surface area (Å²) >= 11 is 0. The van der Waals surface area contributed by atoms with E-state index in [0.717, 1.165) is 30.8 Å². The zero-order chi connectivity index (χ0) is 11.9. The van der Waals surface area contributed by atoms with E-state index in [1.165, 1.54) is 0 Å². The van der Waals surface area contributed by atoms with Gasteiger partial charge in [0.15, 0.2) is 0 Å². The van der Waals surface area contributed by atoms with Gasteiger partial charge in [-0.15, -0.1) is 0 Å². The fourth-order valence-corrected chi connectivity index (χ4v) is 2.67. The number of carbonyl (C=O) groups is 1. The number of hydrogen-bond donors (Lipinski definition) is 1. The van der Waals surface area contributed by atoms with E-state index in [0.29, 0.717) is 6.54 Å². The van der Waals surface area contributed by atoms with Crippen LogP contribution < -0.4 is 5.32 Å². The van der Waals surface area contributed by atoms with Crippen LogP contribution >= 0.6 is 0 Å². The Morgan fingerprint density at radius 1 is 1.41 bits per heavy atom. The van der Waals surface area contributed by atoms with Crippen LogP contribution in [0, 0.1) is 0 Å². The van der Waals surface area contributed by atoms with Gasteiger partial charge >= 0.3 is 0 Å². The Morgan fingerprint density at radius 3 is 3.12 bits per heavy atom. The molecule has 2 aliphatic heterocycles. The number of ether oxygens (including phenoxy) is 1. The highest BCUT2D eigenvalue weighted by atomic mass is 16.5. The minimum absolute atomic E-state index is 0.0340. The molecule has 2 aliphatic rings. The van der Waals surface area contributed by atoms with Gasteiger partial charge in [-0.05, 0) is 19.4 Å². The van der Waals surface area contributed by atoms with Gasteiger partial charge in [0, 0.05) is 17.8 Å². The second-order valence-electron chi connectivity index (χ2n) is 4.70. The van der Waals surface area contributed by atoms with Gasteiger partial charge in [0.05, 0.1) is 13.2 Å². The molecule has 90 valence electrons. The molecule has 1 N–H and O–H groups in total. The monoisotopic (exact) mass is 232 g/mol. The Hall–Kier alpha value is -1.39. The molecule has 3 rings (SSSR count). The van der Waals surface area contributed by atoms with Crippen molar-refractivity contribution in [2.45, 2.75) is 19.1 Å². The van der Waals surface area contributed by atoms with Crippen molar-refractivity contribution in [1.29, 1.82) is 0 Å². The minimum Gasteiger partial charge on any atom is -0.356 e. The first-order valence-corrected chi connectivity index (χ1v) is 5.98. The van der Waals surface area contributed by atoms with Crippen LogP contribution in [0.2, 0.25) is 0 Å². The Bertz CT molecular complexity index is 460. The number of hydrogen-bond acceptors (Lipinski definition) is 3. The highest BCUT2D eigenvalue weighted by molar-refractivity contribution is 5.94. The summed E-state index contributed by atoms with van der Waals surface area (Å²) in [6.07, 6.45) is 0.977. The van der Waals surface area contributed by atoms with E-state index in [2.05, 4.69) is 10.2 Å². The molecule has 0 unspecified atom stereocenters. The predicted octanol–water partition coefficient (Wildman–Crippen LogP) is 1.53. The molecule has 0 spiro atoms. The first-order chi connectivity index (χ1) is 8.20. The second-order valence-corrected chi connectivity index (χ2v) is 4.70. The minimum atomic E-state index is -0.478. The van der Waals surface area contributed by atoms with E-state index in [4.69, 9.17) is 4.74 Å². The van der Waals surface area contributed by atoms with E-state index in [1.54, 1.807) is 0 Å². The SMILES string of the molecule is C[C@]12OCCCN1CC(=O)Nc1ccccc12. The van der Waals surface area contributed by atoms with E-state index < -0.39 is 5.72 Å². The van der Waals surface area contributed by atoms with Crippen LogP contribution in [0.1, 0.15) is 18.9 Å². The van der Waals surface area contributed by atoms with Crippen LogP contribution in [0.4, 0.5) is 5.69 Å². The van der Waals surface area contributed by atoms with Gasteiger partial charge < -0.3 is 10.1 Å². The Labute approximate surface area is 101 Å². The molecule has 0 bridgehead atoms. The summed E-state index contributed by atoms with van der Waals surface area (Å²) in [5, 5.41) is 2.94. The number of rotatable bonds is 0. The van der Waals surface area contributed by atoms with Gasteiger partial charge in [0.2, 0.25) is 5.91 Å². The number of carbonyl (C=O) groups excluding carboxylic acids is 1. The van der Waals surface area contributed by atoms with Crippen molar-refractivity contribution in [2.24, 2.45) is 0 Å². The molecule has 0 aromatic heterocycles. The molecular weight excluding hydrogens is 216 g/mol. The first-order valence-electron chi connectivity index (χ1n) is 5.98. The van der Waals surface area contributed by atoms with Gasteiger partial charge in [-0.2, -0.15) is 0 Å². The van der Waals surface area contributed by atoms with Gasteiger partial charge in [0.25, 0.3) is 0 Å². The fraction of sp³-hybridized carbons (Fsp3) is 0.462. The predicted molar refractivity (Wildman–Crippen MR) is 64.6 cm³/mol. The highest BCUT2D eigenvalue weighted by Crippen LogP contribution is 2.38. The topological polar surface area (TPSA) is 41.6 Å². The van der Waals surface area contributed by atoms with Crippen LogP contribution in [0.25, 0.3) is 0 Å². The third-order valence-corrected chi connectivity index (χ3v) is 3.59. The number of para-hydroxylation sites is 1. The van der Waals surface area contributed by atoms with E-state index in [-0.39, 0.29) is 5.91 Å². The summed E-state index contributed by atoms with van der Waals surface area (Å²) in [5.41, 5.74) is 1.43. The van der Waals surface area contributed by atoms with Crippen LogP contribution in [-0.4, -0.2) is 30.5 Å². The lowest BCUT2D eigenvalue weighted by Crippen LogP contribution is -2.51. The zero-order valence-corrected chi connectivity index (χ0v) is 9.90. The summed E-state index contributed by atoms with van der Waals surface area (Å²) in [7, 11) is 0. The number of anilines is 1. The smallest absolute Gasteiger partial charge is 0.238 e. The molecule has 0 saturated carbocycles. The van der Waals surface area contributed by atoms with Crippen LogP contribution in [0.5, 0.6) is 0 Å². The number of amides is 1. The average Bonchev–Trinajstić information content (AvgIpc) is 2.43. The summed E-state index contributed by atoms with van der Waals surface area (Å²) < 4.78 is 5.96. The van der Waals surface area contributed by atoms with Crippen LogP contribution in [0.15, 0.2) is 24.3 Å². The molecule has 1 aromatic rings. The molecule has 0 radical (unpaired) electrons. The maximum Gasteiger partial charge on any atom is 0.238 e. The molecule has 1 saturated heterocycles. The van der Waals surface area contributed by atoms with Crippen LogP contribution in [-0.2, 0) is 15.3 Å². The van der Waals surface area contributed by atoms with Crippen molar-refractivity contribution in [2.75, 3.05) is 25.0 Å².